The minimum Gasteiger partial charge on any atom is -0.444 e. The van der Waals surface area contributed by atoms with E-state index < -0.39 is 11.7 Å². The van der Waals surface area contributed by atoms with E-state index in [0.717, 1.165) is 0 Å². The van der Waals surface area contributed by atoms with Gasteiger partial charge in [0.15, 0.2) is 0 Å². The average Bonchev–Trinajstić information content (AvgIpc) is 2.34. The molecule has 0 aliphatic heterocycles. The summed E-state index contributed by atoms with van der Waals surface area (Å²) in [6.07, 6.45) is 1.12. The third-order valence-electron chi connectivity index (χ3n) is 2.17. The molecule has 1 aromatic rings. The Balaban J connectivity index is 2.21. The van der Waals surface area contributed by atoms with Gasteiger partial charge in [0.25, 0.3) is 0 Å². The number of carbonyl (C=O) groups excluding carboxylic acids is 2. The Morgan fingerprint density at radius 2 is 2.05 bits per heavy atom. The van der Waals surface area contributed by atoms with Gasteiger partial charge in [-0.1, -0.05) is 0 Å². The summed E-state index contributed by atoms with van der Waals surface area (Å²) in [5.41, 5.74) is 0.0574. The molecule has 0 saturated carbocycles. The molecule has 116 valence electrons. The van der Waals surface area contributed by atoms with Crippen LogP contribution in [0.1, 0.15) is 32.9 Å². The summed E-state index contributed by atoms with van der Waals surface area (Å²) in [6, 6.07) is 1.66. The third kappa shape index (κ3) is 8.09. The number of carbonyl (C=O) groups is 2. The molecule has 0 fully saturated rings. The number of nitrogens with zero attached hydrogens (tertiary/aromatic N) is 2. The summed E-state index contributed by atoms with van der Waals surface area (Å²) in [7, 11) is 0. The Hall–Kier alpha value is -1.89. The van der Waals surface area contributed by atoms with Crippen molar-refractivity contribution in [2.75, 3.05) is 6.54 Å². The highest BCUT2D eigenvalue weighted by Crippen LogP contribution is 2.06. The van der Waals surface area contributed by atoms with E-state index in [1.165, 1.54) is 6.20 Å². The number of aromatic nitrogens is 2. The van der Waals surface area contributed by atoms with Crippen LogP contribution >= 0.6 is 11.6 Å². The molecule has 0 aliphatic rings. The van der Waals surface area contributed by atoms with Crippen molar-refractivity contribution in [1.82, 2.24) is 20.6 Å². The SMILES string of the molecule is CC(C)(C)OC(=O)NCCC(=O)NCc1ccnc(Cl)n1. The normalized spacial score (nSPS) is 10.9. The molecule has 2 N–H and O–H groups in total. The van der Waals surface area contributed by atoms with E-state index >= 15 is 0 Å². The molecule has 0 aromatic carbocycles. The molecule has 2 amide bonds. The number of halogens is 1. The van der Waals surface area contributed by atoms with Gasteiger partial charge in [-0.2, -0.15) is 0 Å². The van der Waals surface area contributed by atoms with Gasteiger partial charge in [0.05, 0.1) is 12.2 Å². The molecule has 1 aromatic heterocycles. The highest BCUT2D eigenvalue weighted by molar-refractivity contribution is 6.28. The van der Waals surface area contributed by atoms with E-state index in [2.05, 4.69) is 20.6 Å². The molecule has 21 heavy (non-hydrogen) atoms. The second kappa shape index (κ2) is 7.78. The topological polar surface area (TPSA) is 93.2 Å². The van der Waals surface area contributed by atoms with Crippen molar-refractivity contribution in [2.24, 2.45) is 0 Å². The van der Waals surface area contributed by atoms with Crippen LogP contribution in [-0.4, -0.2) is 34.1 Å². The van der Waals surface area contributed by atoms with Crippen LogP contribution in [0.15, 0.2) is 12.3 Å². The maximum Gasteiger partial charge on any atom is 0.407 e. The monoisotopic (exact) mass is 314 g/mol. The molecule has 0 aliphatic carbocycles. The lowest BCUT2D eigenvalue weighted by Crippen LogP contribution is -2.35. The largest absolute Gasteiger partial charge is 0.444 e. The number of ether oxygens (including phenoxy) is 1. The Labute approximate surface area is 128 Å². The molecule has 0 radical (unpaired) electrons. The van der Waals surface area contributed by atoms with Crippen molar-refractivity contribution < 1.29 is 14.3 Å². The van der Waals surface area contributed by atoms with Crippen LogP contribution in [0.2, 0.25) is 5.28 Å². The van der Waals surface area contributed by atoms with Crippen LogP contribution in [0.4, 0.5) is 4.79 Å². The van der Waals surface area contributed by atoms with Crippen LogP contribution in [-0.2, 0) is 16.1 Å². The summed E-state index contributed by atoms with van der Waals surface area (Å²) < 4.78 is 5.05. The molecule has 0 bridgehead atoms. The Morgan fingerprint density at radius 3 is 2.67 bits per heavy atom. The van der Waals surface area contributed by atoms with E-state index in [4.69, 9.17) is 16.3 Å². The number of amides is 2. The first kappa shape index (κ1) is 17.2. The molecular formula is C13H19ClN4O3. The van der Waals surface area contributed by atoms with Crippen molar-refractivity contribution in [3.05, 3.63) is 23.2 Å². The zero-order valence-electron chi connectivity index (χ0n) is 12.3. The van der Waals surface area contributed by atoms with Crippen molar-refractivity contribution in [1.29, 1.82) is 0 Å². The van der Waals surface area contributed by atoms with Gasteiger partial charge in [-0.05, 0) is 38.4 Å². The van der Waals surface area contributed by atoms with Crippen molar-refractivity contribution in [3.8, 4) is 0 Å². The summed E-state index contributed by atoms with van der Waals surface area (Å²) >= 11 is 5.64. The standard InChI is InChI=1S/C13H19ClN4O3/c1-13(2,3)21-12(20)16-7-5-10(19)17-8-9-4-6-15-11(14)18-9/h4,6H,5,7-8H2,1-3H3,(H,16,20)(H,17,19). The smallest absolute Gasteiger partial charge is 0.407 e. The fourth-order valence-electron chi connectivity index (χ4n) is 1.34. The molecule has 8 heteroatoms. The van der Waals surface area contributed by atoms with E-state index in [1.807, 2.05) is 0 Å². The Bertz CT molecular complexity index is 502. The van der Waals surface area contributed by atoms with Gasteiger partial charge in [-0.15, -0.1) is 0 Å². The fraction of sp³-hybridized carbons (Fsp3) is 0.538. The van der Waals surface area contributed by atoms with Gasteiger partial charge in [0.2, 0.25) is 11.2 Å². The molecular weight excluding hydrogens is 296 g/mol. The summed E-state index contributed by atoms with van der Waals surface area (Å²) in [4.78, 5) is 30.6. The quantitative estimate of drug-likeness (QED) is 0.806. The lowest BCUT2D eigenvalue weighted by molar-refractivity contribution is -0.121. The zero-order chi connectivity index (χ0) is 15.9. The van der Waals surface area contributed by atoms with E-state index in [-0.39, 0.29) is 30.7 Å². The van der Waals surface area contributed by atoms with E-state index in [9.17, 15) is 9.59 Å². The van der Waals surface area contributed by atoms with Crippen LogP contribution in [0.5, 0.6) is 0 Å². The minimum atomic E-state index is -0.557. The molecule has 1 rings (SSSR count). The van der Waals surface area contributed by atoms with Gasteiger partial charge in [-0.25, -0.2) is 14.8 Å². The number of nitrogens with one attached hydrogen (secondary N) is 2. The molecule has 1 heterocycles. The maximum atomic E-state index is 11.6. The van der Waals surface area contributed by atoms with Gasteiger partial charge < -0.3 is 15.4 Å². The molecule has 0 unspecified atom stereocenters. The zero-order valence-corrected chi connectivity index (χ0v) is 13.0. The summed E-state index contributed by atoms with van der Waals surface area (Å²) in [5, 5.41) is 5.31. The molecule has 7 nitrogen and oxygen atoms in total. The van der Waals surface area contributed by atoms with Gasteiger partial charge in [0.1, 0.15) is 5.60 Å². The molecule has 0 saturated heterocycles. The first-order valence-corrected chi connectivity index (χ1v) is 6.85. The fourth-order valence-corrected chi connectivity index (χ4v) is 1.50. The summed E-state index contributed by atoms with van der Waals surface area (Å²) in [6.45, 7) is 5.77. The van der Waals surface area contributed by atoms with Crippen LogP contribution in [0, 0.1) is 0 Å². The maximum absolute atomic E-state index is 11.6. The second-order valence-corrected chi connectivity index (χ2v) is 5.61. The lowest BCUT2D eigenvalue weighted by Gasteiger charge is -2.19. The predicted octanol–water partition coefficient (Wildman–Crippen LogP) is 1.66. The van der Waals surface area contributed by atoms with Gasteiger partial charge in [0, 0.05) is 19.2 Å². The molecule has 0 atom stereocenters. The summed E-state index contributed by atoms with van der Waals surface area (Å²) in [5.74, 6) is -0.208. The van der Waals surface area contributed by atoms with Crippen molar-refractivity contribution >= 4 is 23.6 Å². The third-order valence-corrected chi connectivity index (χ3v) is 2.35. The number of rotatable bonds is 5. The number of hydrogen-bond acceptors (Lipinski definition) is 5. The highest BCUT2D eigenvalue weighted by Gasteiger charge is 2.15. The first-order chi connectivity index (χ1) is 9.76. The van der Waals surface area contributed by atoms with Crippen molar-refractivity contribution in [2.45, 2.75) is 39.3 Å². The minimum absolute atomic E-state index is 0.133. The van der Waals surface area contributed by atoms with Crippen LogP contribution in [0.3, 0.4) is 0 Å². The van der Waals surface area contributed by atoms with Crippen LogP contribution in [0.25, 0.3) is 0 Å². The highest BCUT2D eigenvalue weighted by atomic mass is 35.5. The number of hydrogen-bond donors (Lipinski definition) is 2. The lowest BCUT2D eigenvalue weighted by atomic mass is 10.2. The van der Waals surface area contributed by atoms with Crippen molar-refractivity contribution in [3.63, 3.8) is 0 Å². The molecule has 0 spiro atoms. The van der Waals surface area contributed by atoms with Gasteiger partial charge >= 0.3 is 6.09 Å². The van der Waals surface area contributed by atoms with E-state index in [1.54, 1.807) is 26.8 Å². The second-order valence-electron chi connectivity index (χ2n) is 5.27. The predicted molar refractivity (Wildman–Crippen MR) is 77.7 cm³/mol. The van der Waals surface area contributed by atoms with E-state index in [0.29, 0.717) is 5.69 Å². The Morgan fingerprint density at radius 1 is 1.33 bits per heavy atom. The Kier molecular flexibility index (Phi) is 6.36. The van der Waals surface area contributed by atoms with Crippen LogP contribution < -0.4 is 10.6 Å². The first-order valence-electron chi connectivity index (χ1n) is 6.47. The number of alkyl carbamates (subject to hydrolysis) is 1. The van der Waals surface area contributed by atoms with Gasteiger partial charge in [-0.3, -0.25) is 4.79 Å². The average molecular weight is 315 g/mol.